The van der Waals surface area contributed by atoms with E-state index in [1.165, 1.54) is 12.3 Å². The Morgan fingerprint density at radius 2 is 2.19 bits per heavy atom. The molecule has 0 unspecified atom stereocenters. The Hall–Kier alpha value is -2.03. The van der Waals surface area contributed by atoms with E-state index in [1.54, 1.807) is 18.7 Å². The summed E-state index contributed by atoms with van der Waals surface area (Å²) in [6.45, 7) is 1.79. The van der Waals surface area contributed by atoms with Crippen molar-refractivity contribution in [2.75, 3.05) is 5.75 Å². The molecule has 0 aliphatic carbocycles. The molecule has 1 N–H and O–H groups in total. The van der Waals surface area contributed by atoms with E-state index in [4.69, 9.17) is 5.11 Å². The number of hydrogen-bond donors (Lipinski definition) is 1. The van der Waals surface area contributed by atoms with Crippen LogP contribution < -0.4 is 0 Å². The van der Waals surface area contributed by atoms with Gasteiger partial charge in [0.15, 0.2) is 5.16 Å². The minimum atomic E-state index is -2.76. The van der Waals surface area contributed by atoms with E-state index in [1.807, 2.05) is 0 Å². The predicted octanol–water partition coefficient (Wildman–Crippen LogP) is 2.30. The molecule has 112 valence electrons. The molecule has 2 aromatic rings. The van der Waals surface area contributed by atoms with Crippen LogP contribution >= 0.6 is 11.8 Å². The summed E-state index contributed by atoms with van der Waals surface area (Å²) in [7, 11) is 1.73. The highest BCUT2D eigenvalue weighted by Gasteiger charge is 2.17. The maximum Gasteiger partial charge on any atom is 0.313 e. The summed E-state index contributed by atoms with van der Waals surface area (Å²) in [6, 6.07) is 1.19. The number of rotatable bonds is 5. The summed E-state index contributed by atoms with van der Waals surface area (Å²) in [6.07, 6.45) is -1.23. The first-order chi connectivity index (χ1) is 9.88. The van der Waals surface area contributed by atoms with Gasteiger partial charge >= 0.3 is 5.97 Å². The number of carboxylic acid groups (broad SMARTS) is 1. The summed E-state index contributed by atoms with van der Waals surface area (Å²) < 4.78 is 27.4. The van der Waals surface area contributed by atoms with Crippen molar-refractivity contribution in [2.45, 2.75) is 18.5 Å². The molecule has 0 radical (unpaired) electrons. The van der Waals surface area contributed by atoms with Gasteiger partial charge in [-0.1, -0.05) is 11.8 Å². The Morgan fingerprint density at radius 3 is 2.71 bits per heavy atom. The molecule has 6 nitrogen and oxygen atoms in total. The van der Waals surface area contributed by atoms with Crippen molar-refractivity contribution < 1.29 is 18.7 Å². The molecule has 2 aromatic heterocycles. The third-order valence-corrected chi connectivity index (χ3v) is 3.62. The molecular weight excluding hydrogens is 302 g/mol. The predicted molar refractivity (Wildman–Crippen MR) is 72.3 cm³/mol. The fourth-order valence-corrected chi connectivity index (χ4v) is 2.22. The third-order valence-electron chi connectivity index (χ3n) is 2.78. The average Bonchev–Trinajstić information content (AvgIpc) is 2.76. The zero-order valence-corrected chi connectivity index (χ0v) is 12.1. The normalized spacial score (nSPS) is 11.1. The fraction of sp³-hybridized carbons (Fsp3) is 0.333. The minimum Gasteiger partial charge on any atom is -0.481 e. The lowest BCUT2D eigenvalue weighted by Crippen LogP contribution is -2.02. The van der Waals surface area contributed by atoms with Gasteiger partial charge < -0.3 is 5.11 Å². The van der Waals surface area contributed by atoms with Crippen molar-refractivity contribution in [2.24, 2.45) is 7.05 Å². The van der Waals surface area contributed by atoms with Crippen LogP contribution in [0.25, 0.3) is 11.3 Å². The number of halogens is 2. The van der Waals surface area contributed by atoms with E-state index < -0.39 is 18.1 Å². The molecule has 0 saturated carbocycles. The van der Waals surface area contributed by atoms with Gasteiger partial charge in [-0.2, -0.15) is 5.10 Å². The van der Waals surface area contributed by atoms with E-state index in [-0.39, 0.29) is 10.9 Å². The van der Waals surface area contributed by atoms with Gasteiger partial charge in [0.05, 0.1) is 17.6 Å². The van der Waals surface area contributed by atoms with E-state index in [2.05, 4.69) is 15.1 Å². The van der Waals surface area contributed by atoms with Crippen molar-refractivity contribution in [3.63, 3.8) is 0 Å². The molecule has 0 aromatic carbocycles. The number of aromatic nitrogens is 4. The number of aliphatic carboxylic acids is 1. The van der Waals surface area contributed by atoms with E-state index >= 15 is 0 Å². The SMILES string of the molecule is Cc1c(-c2cc(C(F)F)nc(SCC(=O)O)n2)cnn1C. The third kappa shape index (κ3) is 3.54. The second kappa shape index (κ2) is 6.17. The molecule has 0 aliphatic rings. The second-order valence-corrected chi connectivity index (χ2v) is 5.15. The molecular formula is C12H12F2N4O2S. The average molecular weight is 314 g/mol. The molecule has 0 amide bonds. The quantitative estimate of drug-likeness (QED) is 0.674. The molecule has 0 saturated heterocycles. The Kier molecular flexibility index (Phi) is 4.51. The molecule has 0 fully saturated rings. The van der Waals surface area contributed by atoms with Gasteiger partial charge in [0.25, 0.3) is 6.43 Å². The van der Waals surface area contributed by atoms with Crippen LogP contribution in [0.4, 0.5) is 8.78 Å². The van der Waals surface area contributed by atoms with Crippen molar-refractivity contribution in [1.82, 2.24) is 19.7 Å². The lowest BCUT2D eigenvalue weighted by Gasteiger charge is -2.06. The number of hydrogen-bond acceptors (Lipinski definition) is 5. The lowest BCUT2D eigenvalue weighted by atomic mass is 10.1. The van der Waals surface area contributed by atoms with Crippen LogP contribution in [0.1, 0.15) is 17.8 Å². The van der Waals surface area contributed by atoms with Crippen molar-refractivity contribution in [3.8, 4) is 11.3 Å². The van der Waals surface area contributed by atoms with Crippen LogP contribution in [-0.4, -0.2) is 36.6 Å². The van der Waals surface area contributed by atoms with Gasteiger partial charge in [0.1, 0.15) is 5.69 Å². The number of aryl methyl sites for hydroxylation is 1. The summed E-state index contributed by atoms with van der Waals surface area (Å²) in [5.41, 5.74) is 1.25. The second-order valence-electron chi connectivity index (χ2n) is 4.21. The van der Waals surface area contributed by atoms with E-state index in [0.717, 1.165) is 17.5 Å². The Bertz CT molecular complexity index is 675. The largest absolute Gasteiger partial charge is 0.481 e. The monoisotopic (exact) mass is 314 g/mol. The molecule has 9 heteroatoms. The standard InChI is InChI=1S/C12H12F2N4O2S/c1-6-7(4-15-18(6)2)8-3-9(11(13)14)17-12(16-8)21-5-10(19)20/h3-4,11H,5H2,1-2H3,(H,19,20). The van der Waals surface area contributed by atoms with Gasteiger partial charge in [-0.05, 0) is 13.0 Å². The molecule has 0 aliphatic heterocycles. The Morgan fingerprint density at radius 1 is 1.48 bits per heavy atom. The van der Waals surface area contributed by atoms with Crippen molar-refractivity contribution in [1.29, 1.82) is 0 Å². The lowest BCUT2D eigenvalue weighted by molar-refractivity contribution is -0.133. The van der Waals surface area contributed by atoms with Gasteiger partial charge in [0, 0.05) is 18.3 Å². The topological polar surface area (TPSA) is 80.9 Å². The van der Waals surface area contributed by atoms with E-state index in [0.29, 0.717) is 11.3 Å². The maximum atomic E-state index is 12.9. The first-order valence-electron chi connectivity index (χ1n) is 5.89. The molecule has 0 atom stereocenters. The Balaban J connectivity index is 2.45. The van der Waals surface area contributed by atoms with Crippen molar-refractivity contribution >= 4 is 17.7 Å². The number of carbonyl (C=O) groups is 1. The van der Waals surface area contributed by atoms with Gasteiger partial charge in [-0.3, -0.25) is 9.48 Å². The number of alkyl halides is 2. The highest BCUT2D eigenvalue weighted by Crippen LogP contribution is 2.27. The first kappa shape index (κ1) is 15.4. The zero-order chi connectivity index (χ0) is 15.6. The number of carboxylic acids is 1. The summed E-state index contributed by atoms with van der Waals surface area (Å²) in [4.78, 5) is 18.4. The summed E-state index contributed by atoms with van der Waals surface area (Å²) in [5.74, 6) is -1.36. The highest BCUT2D eigenvalue weighted by molar-refractivity contribution is 7.99. The molecule has 2 heterocycles. The van der Waals surface area contributed by atoms with Crippen molar-refractivity contribution in [3.05, 3.63) is 23.7 Å². The van der Waals surface area contributed by atoms with E-state index in [9.17, 15) is 13.6 Å². The smallest absolute Gasteiger partial charge is 0.313 e. The molecule has 21 heavy (non-hydrogen) atoms. The highest BCUT2D eigenvalue weighted by atomic mass is 32.2. The summed E-state index contributed by atoms with van der Waals surface area (Å²) in [5, 5.41) is 12.7. The maximum absolute atomic E-state index is 12.9. The number of nitrogens with zero attached hydrogens (tertiary/aromatic N) is 4. The van der Waals surface area contributed by atoms with Crippen LogP contribution in [0, 0.1) is 6.92 Å². The number of thioether (sulfide) groups is 1. The van der Waals surface area contributed by atoms with Gasteiger partial charge in [-0.15, -0.1) is 0 Å². The molecule has 0 spiro atoms. The van der Waals surface area contributed by atoms with Crippen LogP contribution in [0.15, 0.2) is 17.4 Å². The van der Waals surface area contributed by atoms with Crippen LogP contribution in [0.3, 0.4) is 0 Å². The van der Waals surface area contributed by atoms with Gasteiger partial charge in [0.2, 0.25) is 0 Å². The first-order valence-corrected chi connectivity index (χ1v) is 6.87. The van der Waals surface area contributed by atoms with Crippen LogP contribution in [0.2, 0.25) is 0 Å². The molecule has 0 bridgehead atoms. The minimum absolute atomic E-state index is 0.00783. The zero-order valence-electron chi connectivity index (χ0n) is 11.2. The van der Waals surface area contributed by atoms with Crippen LogP contribution in [0.5, 0.6) is 0 Å². The van der Waals surface area contributed by atoms with Crippen LogP contribution in [-0.2, 0) is 11.8 Å². The van der Waals surface area contributed by atoms with Gasteiger partial charge in [-0.25, -0.2) is 18.7 Å². The molecule has 2 rings (SSSR count). The fourth-order valence-electron chi connectivity index (χ4n) is 1.63. The Labute approximate surface area is 123 Å². The summed E-state index contributed by atoms with van der Waals surface area (Å²) >= 11 is 0.799.